The molecule has 2 atom stereocenters. The van der Waals surface area contributed by atoms with Crippen molar-refractivity contribution in [1.82, 2.24) is 5.32 Å². The maximum Gasteiger partial charge on any atom is 0.123 e. The predicted molar refractivity (Wildman–Crippen MR) is 76.2 cm³/mol. The SMILES string of the molecule is CCCCC(NCCC)C1Cc2ccccc2O1. The minimum Gasteiger partial charge on any atom is -0.488 e. The molecule has 100 valence electrons. The highest BCUT2D eigenvalue weighted by Crippen LogP contribution is 2.30. The summed E-state index contributed by atoms with van der Waals surface area (Å²) < 4.78 is 6.10. The van der Waals surface area contributed by atoms with E-state index in [1.54, 1.807) is 0 Å². The van der Waals surface area contributed by atoms with Gasteiger partial charge in [-0.25, -0.2) is 0 Å². The van der Waals surface area contributed by atoms with Crippen molar-refractivity contribution in [3.05, 3.63) is 29.8 Å². The van der Waals surface area contributed by atoms with Crippen LogP contribution in [0.4, 0.5) is 0 Å². The van der Waals surface area contributed by atoms with Crippen LogP contribution in [0.25, 0.3) is 0 Å². The maximum absolute atomic E-state index is 6.10. The van der Waals surface area contributed by atoms with Gasteiger partial charge >= 0.3 is 0 Å². The molecule has 2 unspecified atom stereocenters. The van der Waals surface area contributed by atoms with E-state index in [0.717, 1.165) is 18.7 Å². The monoisotopic (exact) mass is 247 g/mol. The van der Waals surface area contributed by atoms with E-state index in [0.29, 0.717) is 12.1 Å². The van der Waals surface area contributed by atoms with Crippen molar-refractivity contribution in [2.45, 2.75) is 58.1 Å². The number of para-hydroxylation sites is 1. The third-order valence-corrected chi connectivity index (χ3v) is 3.65. The smallest absolute Gasteiger partial charge is 0.123 e. The van der Waals surface area contributed by atoms with E-state index in [1.807, 2.05) is 0 Å². The number of nitrogens with one attached hydrogen (secondary N) is 1. The Hall–Kier alpha value is -1.02. The normalized spacial score (nSPS) is 19.3. The van der Waals surface area contributed by atoms with Crippen LogP contribution in [0.15, 0.2) is 24.3 Å². The van der Waals surface area contributed by atoms with Crippen LogP contribution >= 0.6 is 0 Å². The van der Waals surface area contributed by atoms with E-state index >= 15 is 0 Å². The quantitative estimate of drug-likeness (QED) is 0.795. The first-order valence-electron chi connectivity index (χ1n) is 7.33. The third kappa shape index (κ3) is 3.26. The molecule has 0 bridgehead atoms. The summed E-state index contributed by atoms with van der Waals surface area (Å²) in [4.78, 5) is 0. The van der Waals surface area contributed by atoms with Crippen molar-refractivity contribution in [1.29, 1.82) is 0 Å². The zero-order valence-electron chi connectivity index (χ0n) is 11.6. The van der Waals surface area contributed by atoms with Crippen molar-refractivity contribution in [2.75, 3.05) is 6.54 Å². The minimum absolute atomic E-state index is 0.320. The summed E-state index contributed by atoms with van der Waals surface area (Å²) >= 11 is 0. The van der Waals surface area contributed by atoms with Gasteiger partial charge in [-0.2, -0.15) is 0 Å². The third-order valence-electron chi connectivity index (χ3n) is 3.65. The fraction of sp³-hybridized carbons (Fsp3) is 0.625. The first kappa shape index (κ1) is 13.4. The van der Waals surface area contributed by atoms with Crippen molar-refractivity contribution in [2.24, 2.45) is 0 Å². The van der Waals surface area contributed by atoms with Gasteiger partial charge < -0.3 is 10.1 Å². The second kappa shape index (κ2) is 6.79. The Morgan fingerprint density at radius 2 is 2.11 bits per heavy atom. The molecule has 2 heteroatoms. The van der Waals surface area contributed by atoms with E-state index in [9.17, 15) is 0 Å². The van der Waals surface area contributed by atoms with Gasteiger partial charge in [0.2, 0.25) is 0 Å². The van der Waals surface area contributed by atoms with E-state index < -0.39 is 0 Å². The van der Waals surface area contributed by atoms with Gasteiger partial charge in [0.15, 0.2) is 0 Å². The molecule has 0 saturated carbocycles. The second-order valence-electron chi connectivity index (χ2n) is 5.17. The van der Waals surface area contributed by atoms with Gasteiger partial charge in [-0.3, -0.25) is 0 Å². The lowest BCUT2D eigenvalue weighted by Gasteiger charge is -2.24. The molecule has 1 N–H and O–H groups in total. The van der Waals surface area contributed by atoms with Gasteiger partial charge in [-0.1, -0.05) is 44.9 Å². The second-order valence-corrected chi connectivity index (χ2v) is 5.17. The summed E-state index contributed by atoms with van der Waals surface area (Å²) in [6.07, 6.45) is 6.31. The van der Waals surface area contributed by atoms with Gasteiger partial charge in [-0.05, 0) is 31.0 Å². The van der Waals surface area contributed by atoms with Crippen LogP contribution in [0.5, 0.6) is 5.75 Å². The van der Waals surface area contributed by atoms with Gasteiger partial charge in [0.05, 0.1) is 0 Å². The lowest BCUT2D eigenvalue weighted by Crippen LogP contribution is -2.42. The standard InChI is InChI=1S/C16H25NO/c1-3-5-9-14(17-11-4-2)16-12-13-8-6-7-10-15(13)18-16/h6-8,10,14,16-17H,3-5,9,11-12H2,1-2H3. The van der Waals surface area contributed by atoms with Crippen LogP contribution in [-0.4, -0.2) is 18.7 Å². The van der Waals surface area contributed by atoms with Crippen LogP contribution in [0.2, 0.25) is 0 Å². The summed E-state index contributed by atoms with van der Waals surface area (Å²) in [5.41, 5.74) is 1.36. The zero-order valence-corrected chi connectivity index (χ0v) is 11.6. The number of benzene rings is 1. The molecular weight excluding hydrogens is 222 g/mol. The van der Waals surface area contributed by atoms with Crippen LogP contribution in [0.3, 0.4) is 0 Å². The lowest BCUT2D eigenvalue weighted by molar-refractivity contribution is 0.170. The molecule has 0 spiro atoms. The Bertz CT molecular complexity index is 331. The van der Waals surface area contributed by atoms with Crippen LogP contribution < -0.4 is 10.1 Å². The summed E-state index contributed by atoms with van der Waals surface area (Å²) in [7, 11) is 0. The molecule has 2 nitrogen and oxygen atoms in total. The highest BCUT2D eigenvalue weighted by atomic mass is 16.5. The van der Waals surface area contributed by atoms with E-state index in [2.05, 4.69) is 43.4 Å². The van der Waals surface area contributed by atoms with Gasteiger partial charge in [-0.15, -0.1) is 0 Å². The molecule has 1 aromatic rings. The molecule has 2 rings (SSSR count). The van der Waals surface area contributed by atoms with Crippen LogP contribution in [0.1, 0.15) is 45.1 Å². The fourth-order valence-electron chi connectivity index (χ4n) is 2.61. The molecular formula is C16H25NO. The molecule has 0 radical (unpaired) electrons. The van der Waals surface area contributed by atoms with Crippen molar-refractivity contribution in [3.63, 3.8) is 0 Å². The Balaban J connectivity index is 1.96. The lowest BCUT2D eigenvalue weighted by atomic mass is 9.99. The number of ether oxygens (including phenoxy) is 1. The van der Waals surface area contributed by atoms with Crippen molar-refractivity contribution < 1.29 is 4.74 Å². The zero-order chi connectivity index (χ0) is 12.8. The molecule has 0 amide bonds. The molecule has 0 saturated heterocycles. The molecule has 18 heavy (non-hydrogen) atoms. The van der Waals surface area contributed by atoms with Crippen LogP contribution in [0, 0.1) is 0 Å². The number of unbranched alkanes of at least 4 members (excludes halogenated alkanes) is 1. The highest BCUT2D eigenvalue weighted by Gasteiger charge is 2.29. The molecule has 0 aromatic heterocycles. The van der Waals surface area contributed by atoms with Gasteiger partial charge in [0.1, 0.15) is 11.9 Å². The molecule has 1 aliphatic rings. The Kier molecular flexibility index (Phi) is 5.06. The fourth-order valence-corrected chi connectivity index (χ4v) is 2.61. The van der Waals surface area contributed by atoms with Crippen molar-refractivity contribution >= 4 is 0 Å². The summed E-state index contributed by atoms with van der Waals surface area (Å²) in [5, 5.41) is 3.66. The summed E-state index contributed by atoms with van der Waals surface area (Å²) in [5.74, 6) is 1.09. The molecule has 0 aliphatic carbocycles. The topological polar surface area (TPSA) is 21.3 Å². The average Bonchev–Trinajstić information content (AvgIpc) is 2.82. The number of fused-ring (bicyclic) bond motifs is 1. The number of hydrogen-bond acceptors (Lipinski definition) is 2. The Labute approximate surface area is 111 Å². The molecule has 1 heterocycles. The van der Waals surface area contributed by atoms with E-state index in [4.69, 9.17) is 4.74 Å². The largest absolute Gasteiger partial charge is 0.488 e. The highest BCUT2D eigenvalue weighted by molar-refractivity contribution is 5.37. The summed E-state index contributed by atoms with van der Waals surface area (Å²) in [6.45, 7) is 5.56. The number of hydrogen-bond donors (Lipinski definition) is 1. The Morgan fingerprint density at radius 1 is 1.28 bits per heavy atom. The molecule has 1 aromatic carbocycles. The predicted octanol–water partition coefficient (Wildman–Crippen LogP) is 3.55. The Morgan fingerprint density at radius 3 is 2.83 bits per heavy atom. The van der Waals surface area contributed by atoms with Gasteiger partial charge in [0.25, 0.3) is 0 Å². The summed E-state index contributed by atoms with van der Waals surface area (Å²) in [6, 6.07) is 8.93. The minimum atomic E-state index is 0.320. The van der Waals surface area contributed by atoms with Crippen molar-refractivity contribution in [3.8, 4) is 5.75 Å². The number of rotatable bonds is 7. The van der Waals surface area contributed by atoms with E-state index in [1.165, 1.54) is 31.2 Å². The van der Waals surface area contributed by atoms with Crippen LogP contribution in [-0.2, 0) is 6.42 Å². The van der Waals surface area contributed by atoms with E-state index in [-0.39, 0.29) is 0 Å². The first-order valence-corrected chi connectivity index (χ1v) is 7.33. The average molecular weight is 247 g/mol. The first-order chi connectivity index (χ1) is 8.85. The molecule has 1 aliphatic heterocycles. The molecule has 0 fully saturated rings. The van der Waals surface area contributed by atoms with Gasteiger partial charge in [0, 0.05) is 12.5 Å². The maximum atomic E-state index is 6.10.